The average molecular weight is 370 g/mol. The van der Waals surface area contributed by atoms with Crippen molar-refractivity contribution < 1.29 is 9.47 Å². The van der Waals surface area contributed by atoms with Gasteiger partial charge in [0.2, 0.25) is 0 Å². The fourth-order valence-corrected chi connectivity index (χ4v) is 2.10. The number of hydrogen-bond donors (Lipinski definition) is 2. The zero-order valence-electron chi connectivity index (χ0n) is 14.3. The van der Waals surface area contributed by atoms with Crippen molar-refractivity contribution >= 4 is 35.1 Å². The summed E-state index contributed by atoms with van der Waals surface area (Å²) in [6.07, 6.45) is 3.32. The standard InChI is InChI=1S/C17H24ClN3O2S/c1-5-7-19-17(24)21-20-10-13-8-14(18)16(23-11-12(3)4)15(9-13)22-6-2/h5,8-10,12H,1,6-7,11H2,2-4H3,(H2,19,21,24)/b20-10+. The number of thiocarbonyl (C=S) groups is 1. The monoisotopic (exact) mass is 369 g/mol. The molecule has 0 aliphatic carbocycles. The number of benzene rings is 1. The molecular weight excluding hydrogens is 346 g/mol. The van der Waals surface area contributed by atoms with E-state index in [0.29, 0.717) is 47.3 Å². The van der Waals surface area contributed by atoms with Gasteiger partial charge in [0.1, 0.15) is 0 Å². The van der Waals surface area contributed by atoms with Crippen LogP contribution in [0.1, 0.15) is 26.3 Å². The molecule has 0 aliphatic rings. The van der Waals surface area contributed by atoms with E-state index < -0.39 is 0 Å². The Hall–Kier alpha value is -1.79. The molecule has 0 amide bonds. The number of halogens is 1. The molecule has 0 aliphatic heterocycles. The third-order valence-corrected chi connectivity index (χ3v) is 3.20. The first-order valence-corrected chi connectivity index (χ1v) is 8.53. The van der Waals surface area contributed by atoms with Gasteiger partial charge < -0.3 is 14.8 Å². The van der Waals surface area contributed by atoms with E-state index in [-0.39, 0.29) is 0 Å². The SMILES string of the molecule is C=CCNC(=S)N/N=C/c1cc(Cl)c(OCC(C)C)c(OCC)c1. The Morgan fingerprint density at radius 2 is 2.17 bits per heavy atom. The molecule has 1 aromatic carbocycles. The van der Waals surface area contributed by atoms with Crippen LogP contribution >= 0.6 is 23.8 Å². The normalized spacial score (nSPS) is 10.7. The summed E-state index contributed by atoms with van der Waals surface area (Å²) in [7, 11) is 0. The van der Waals surface area contributed by atoms with E-state index in [1.54, 1.807) is 18.4 Å². The van der Waals surface area contributed by atoms with Crippen molar-refractivity contribution in [3.8, 4) is 11.5 Å². The minimum atomic E-state index is 0.394. The van der Waals surface area contributed by atoms with E-state index in [1.807, 2.05) is 13.0 Å². The molecule has 24 heavy (non-hydrogen) atoms. The molecule has 0 saturated heterocycles. The maximum atomic E-state index is 6.33. The van der Waals surface area contributed by atoms with Crippen molar-refractivity contribution in [2.75, 3.05) is 19.8 Å². The molecule has 0 bridgehead atoms. The molecule has 0 unspecified atom stereocenters. The fraction of sp³-hybridized carbons (Fsp3) is 0.412. The maximum absolute atomic E-state index is 6.33. The molecule has 0 spiro atoms. The first kappa shape index (κ1) is 20.3. The van der Waals surface area contributed by atoms with E-state index >= 15 is 0 Å². The van der Waals surface area contributed by atoms with Crippen LogP contribution in [0.3, 0.4) is 0 Å². The van der Waals surface area contributed by atoms with Crippen LogP contribution in [0.15, 0.2) is 29.9 Å². The van der Waals surface area contributed by atoms with Gasteiger partial charge in [-0.3, -0.25) is 5.43 Å². The molecule has 7 heteroatoms. The molecule has 1 rings (SSSR count). The van der Waals surface area contributed by atoms with Crippen LogP contribution in [-0.4, -0.2) is 31.1 Å². The lowest BCUT2D eigenvalue weighted by molar-refractivity contribution is 0.248. The van der Waals surface area contributed by atoms with Crippen LogP contribution in [0.5, 0.6) is 11.5 Å². The Morgan fingerprint density at radius 1 is 1.42 bits per heavy atom. The van der Waals surface area contributed by atoms with E-state index in [4.69, 9.17) is 33.3 Å². The summed E-state index contributed by atoms with van der Waals surface area (Å²) in [6, 6.07) is 3.60. The molecule has 1 aromatic rings. The highest BCUT2D eigenvalue weighted by molar-refractivity contribution is 7.80. The van der Waals surface area contributed by atoms with Crippen molar-refractivity contribution in [3.63, 3.8) is 0 Å². The number of hydrazone groups is 1. The third kappa shape index (κ3) is 7.19. The summed E-state index contributed by atoms with van der Waals surface area (Å²) in [5.74, 6) is 1.55. The highest BCUT2D eigenvalue weighted by Gasteiger charge is 2.12. The molecule has 5 nitrogen and oxygen atoms in total. The maximum Gasteiger partial charge on any atom is 0.187 e. The van der Waals surface area contributed by atoms with Gasteiger partial charge in [0.15, 0.2) is 16.6 Å². The Labute approximate surface area is 154 Å². The lowest BCUT2D eigenvalue weighted by atomic mass is 10.2. The van der Waals surface area contributed by atoms with Crippen LogP contribution in [0.2, 0.25) is 5.02 Å². The number of nitrogens with zero attached hydrogens (tertiary/aromatic N) is 1. The number of rotatable bonds is 9. The zero-order valence-corrected chi connectivity index (χ0v) is 15.8. The van der Waals surface area contributed by atoms with Crippen LogP contribution in [0.25, 0.3) is 0 Å². The van der Waals surface area contributed by atoms with Crippen molar-refractivity contribution in [2.24, 2.45) is 11.0 Å². The van der Waals surface area contributed by atoms with E-state index in [2.05, 4.69) is 36.3 Å². The molecule has 0 heterocycles. The third-order valence-electron chi connectivity index (χ3n) is 2.68. The number of nitrogens with one attached hydrogen (secondary N) is 2. The predicted molar refractivity (Wildman–Crippen MR) is 104 cm³/mol. The van der Waals surface area contributed by atoms with Crippen molar-refractivity contribution in [2.45, 2.75) is 20.8 Å². The van der Waals surface area contributed by atoms with Gasteiger partial charge in [-0.15, -0.1) is 6.58 Å². The second kappa shape index (κ2) is 10.9. The van der Waals surface area contributed by atoms with Crippen molar-refractivity contribution in [1.29, 1.82) is 0 Å². The van der Waals surface area contributed by atoms with Gasteiger partial charge in [0.25, 0.3) is 0 Å². The quantitative estimate of drug-likeness (QED) is 0.300. The van der Waals surface area contributed by atoms with Gasteiger partial charge in [-0.25, -0.2) is 0 Å². The number of hydrogen-bond acceptors (Lipinski definition) is 4. The van der Waals surface area contributed by atoms with Gasteiger partial charge in [-0.2, -0.15) is 5.10 Å². The highest BCUT2D eigenvalue weighted by Crippen LogP contribution is 2.36. The molecule has 0 saturated carbocycles. The molecule has 0 fully saturated rings. The summed E-state index contributed by atoms with van der Waals surface area (Å²) in [5, 5.41) is 7.89. The summed E-state index contributed by atoms with van der Waals surface area (Å²) in [4.78, 5) is 0. The van der Waals surface area contributed by atoms with Gasteiger partial charge >= 0.3 is 0 Å². The smallest absolute Gasteiger partial charge is 0.187 e. The van der Waals surface area contributed by atoms with Crippen molar-refractivity contribution in [1.82, 2.24) is 10.7 Å². The second-order valence-electron chi connectivity index (χ2n) is 5.34. The highest BCUT2D eigenvalue weighted by atomic mass is 35.5. The van der Waals surface area contributed by atoms with Crippen LogP contribution in [0.4, 0.5) is 0 Å². The van der Waals surface area contributed by atoms with Crippen LogP contribution < -0.4 is 20.2 Å². The first-order valence-electron chi connectivity index (χ1n) is 7.74. The Kier molecular flexibility index (Phi) is 9.19. The van der Waals surface area contributed by atoms with Crippen molar-refractivity contribution in [3.05, 3.63) is 35.4 Å². The predicted octanol–water partition coefficient (Wildman–Crippen LogP) is 3.76. The molecule has 0 atom stereocenters. The Morgan fingerprint density at radius 3 is 2.79 bits per heavy atom. The van der Waals surface area contributed by atoms with E-state index in [0.717, 1.165) is 5.56 Å². The largest absolute Gasteiger partial charge is 0.490 e. The van der Waals surface area contributed by atoms with E-state index in [9.17, 15) is 0 Å². The van der Waals surface area contributed by atoms with E-state index in [1.165, 1.54) is 0 Å². The topological polar surface area (TPSA) is 54.9 Å². The zero-order chi connectivity index (χ0) is 17.9. The summed E-state index contributed by atoms with van der Waals surface area (Å²) < 4.78 is 11.4. The molecule has 2 N–H and O–H groups in total. The Bertz CT molecular complexity index is 591. The Balaban J connectivity index is 2.85. The van der Waals surface area contributed by atoms with Gasteiger partial charge in [-0.1, -0.05) is 31.5 Å². The first-order chi connectivity index (χ1) is 11.5. The summed E-state index contributed by atoms with van der Waals surface area (Å²) in [6.45, 7) is 11.3. The minimum absolute atomic E-state index is 0.394. The van der Waals surface area contributed by atoms with Gasteiger partial charge in [-0.05, 0) is 42.8 Å². The number of ether oxygens (including phenoxy) is 2. The summed E-state index contributed by atoms with van der Waals surface area (Å²) >= 11 is 11.4. The lowest BCUT2D eigenvalue weighted by Crippen LogP contribution is -2.31. The lowest BCUT2D eigenvalue weighted by Gasteiger charge is -2.15. The molecule has 0 radical (unpaired) electrons. The van der Waals surface area contributed by atoms with Gasteiger partial charge in [0, 0.05) is 6.54 Å². The average Bonchev–Trinajstić information content (AvgIpc) is 2.52. The van der Waals surface area contributed by atoms with Gasteiger partial charge in [0.05, 0.1) is 24.5 Å². The summed E-state index contributed by atoms with van der Waals surface area (Å²) in [5.41, 5.74) is 3.50. The second-order valence-corrected chi connectivity index (χ2v) is 6.15. The molecular formula is C17H24ClN3O2S. The minimum Gasteiger partial charge on any atom is -0.490 e. The molecule has 132 valence electrons. The van der Waals surface area contributed by atoms with Crippen LogP contribution in [0, 0.1) is 5.92 Å². The van der Waals surface area contributed by atoms with Crippen LogP contribution in [-0.2, 0) is 0 Å². The fourth-order valence-electron chi connectivity index (χ4n) is 1.69. The molecule has 0 aromatic heterocycles.